The SMILES string of the molecule is C=CCC(CCC(=O)OC)OCCCOCc1ccccc1. The number of benzene rings is 1. The summed E-state index contributed by atoms with van der Waals surface area (Å²) in [6.07, 6.45) is 4.43. The van der Waals surface area contributed by atoms with E-state index >= 15 is 0 Å². The van der Waals surface area contributed by atoms with Gasteiger partial charge >= 0.3 is 5.97 Å². The molecule has 1 unspecified atom stereocenters. The number of esters is 1. The molecule has 0 aromatic heterocycles. The number of ether oxygens (including phenoxy) is 3. The first-order chi connectivity index (χ1) is 10.8. The van der Waals surface area contributed by atoms with Crippen molar-refractivity contribution < 1.29 is 19.0 Å². The molecule has 0 amide bonds. The predicted molar refractivity (Wildman–Crippen MR) is 86.5 cm³/mol. The molecule has 0 radical (unpaired) electrons. The Kier molecular flexibility index (Phi) is 9.99. The molecule has 0 aliphatic rings. The lowest BCUT2D eigenvalue weighted by molar-refractivity contribution is -0.141. The van der Waals surface area contributed by atoms with Gasteiger partial charge in [-0.15, -0.1) is 6.58 Å². The quantitative estimate of drug-likeness (QED) is 0.337. The summed E-state index contributed by atoms with van der Waals surface area (Å²) >= 11 is 0. The van der Waals surface area contributed by atoms with Crippen molar-refractivity contribution in [2.45, 2.75) is 38.4 Å². The molecule has 0 spiro atoms. The van der Waals surface area contributed by atoms with Gasteiger partial charge in [0.15, 0.2) is 0 Å². The molecular formula is C18H26O4. The van der Waals surface area contributed by atoms with Gasteiger partial charge in [-0.2, -0.15) is 0 Å². The Hall–Kier alpha value is -1.65. The number of carbonyl (C=O) groups is 1. The van der Waals surface area contributed by atoms with E-state index in [4.69, 9.17) is 9.47 Å². The van der Waals surface area contributed by atoms with Crippen molar-refractivity contribution in [2.24, 2.45) is 0 Å². The summed E-state index contributed by atoms with van der Waals surface area (Å²) in [5.74, 6) is -0.205. The molecule has 0 bridgehead atoms. The maximum Gasteiger partial charge on any atom is 0.305 e. The second kappa shape index (κ2) is 12.0. The fourth-order valence-electron chi connectivity index (χ4n) is 2.01. The smallest absolute Gasteiger partial charge is 0.305 e. The highest BCUT2D eigenvalue weighted by atomic mass is 16.5. The second-order valence-corrected chi connectivity index (χ2v) is 5.02. The fourth-order valence-corrected chi connectivity index (χ4v) is 2.01. The van der Waals surface area contributed by atoms with Crippen molar-refractivity contribution in [3.8, 4) is 0 Å². The minimum Gasteiger partial charge on any atom is -0.469 e. The molecule has 22 heavy (non-hydrogen) atoms. The van der Waals surface area contributed by atoms with Crippen LogP contribution in [0, 0.1) is 0 Å². The third-order valence-electron chi connectivity index (χ3n) is 3.23. The van der Waals surface area contributed by atoms with Crippen LogP contribution in [-0.4, -0.2) is 32.4 Å². The molecule has 1 rings (SSSR count). The topological polar surface area (TPSA) is 44.8 Å². The van der Waals surface area contributed by atoms with Crippen LogP contribution < -0.4 is 0 Å². The van der Waals surface area contributed by atoms with Gasteiger partial charge in [-0.05, 0) is 24.8 Å². The highest BCUT2D eigenvalue weighted by Crippen LogP contribution is 2.09. The van der Waals surface area contributed by atoms with E-state index in [-0.39, 0.29) is 12.1 Å². The number of hydrogen-bond acceptors (Lipinski definition) is 4. The van der Waals surface area contributed by atoms with Gasteiger partial charge in [0.25, 0.3) is 0 Å². The molecule has 122 valence electrons. The number of rotatable bonds is 12. The lowest BCUT2D eigenvalue weighted by Gasteiger charge is -2.15. The van der Waals surface area contributed by atoms with Gasteiger partial charge < -0.3 is 14.2 Å². The zero-order valence-electron chi connectivity index (χ0n) is 13.3. The van der Waals surface area contributed by atoms with E-state index in [9.17, 15) is 4.79 Å². The number of methoxy groups -OCH3 is 1. The van der Waals surface area contributed by atoms with Gasteiger partial charge in [0.1, 0.15) is 0 Å². The average molecular weight is 306 g/mol. The maximum absolute atomic E-state index is 11.1. The van der Waals surface area contributed by atoms with Gasteiger partial charge in [0.05, 0.1) is 19.8 Å². The average Bonchev–Trinajstić information content (AvgIpc) is 2.56. The van der Waals surface area contributed by atoms with Gasteiger partial charge in [-0.3, -0.25) is 4.79 Å². The molecule has 0 heterocycles. The van der Waals surface area contributed by atoms with Crippen molar-refractivity contribution >= 4 is 5.97 Å². The molecule has 4 nitrogen and oxygen atoms in total. The molecule has 1 aromatic rings. The Morgan fingerprint density at radius 3 is 2.73 bits per heavy atom. The maximum atomic E-state index is 11.1. The van der Waals surface area contributed by atoms with Crippen LogP contribution in [-0.2, 0) is 25.6 Å². The van der Waals surface area contributed by atoms with Gasteiger partial charge in [0.2, 0.25) is 0 Å². The Morgan fingerprint density at radius 2 is 2.05 bits per heavy atom. The lowest BCUT2D eigenvalue weighted by atomic mass is 10.1. The van der Waals surface area contributed by atoms with Crippen LogP contribution in [0.3, 0.4) is 0 Å². The summed E-state index contributed by atoms with van der Waals surface area (Å²) in [6, 6.07) is 10.1. The molecule has 0 fully saturated rings. The predicted octanol–water partition coefficient (Wildman–Crippen LogP) is 3.51. The van der Waals surface area contributed by atoms with E-state index in [1.165, 1.54) is 12.7 Å². The first-order valence-corrected chi connectivity index (χ1v) is 7.67. The van der Waals surface area contributed by atoms with Crippen LogP contribution in [0.1, 0.15) is 31.2 Å². The summed E-state index contributed by atoms with van der Waals surface area (Å²) in [6.45, 7) is 5.62. The largest absolute Gasteiger partial charge is 0.469 e. The Balaban J connectivity index is 2.09. The number of hydrogen-bond donors (Lipinski definition) is 0. The summed E-state index contributed by atoms with van der Waals surface area (Å²) in [7, 11) is 1.40. The fraction of sp³-hybridized carbons (Fsp3) is 0.500. The van der Waals surface area contributed by atoms with Crippen LogP contribution in [0.4, 0.5) is 0 Å². The second-order valence-electron chi connectivity index (χ2n) is 5.02. The Labute approximate surface area is 133 Å². The van der Waals surface area contributed by atoms with E-state index in [2.05, 4.69) is 11.3 Å². The van der Waals surface area contributed by atoms with Gasteiger partial charge in [-0.25, -0.2) is 0 Å². The first kappa shape index (κ1) is 18.4. The van der Waals surface area contributed by atoms with Crippen molar-refractivity contribution in [1.29, 1.82) is 0 Å². The minimum atomic E-state index is -0.205. The molecular weight excluding hydrogens is 280 g/mol. The summed E-state index contributed by atoms with van der Waals surface area (Å²) < 4.78 is 16.0. The lowest BCUT2D eigenvalue weighted by Crippen LogP contribution is -2.16. The highest BCUT2D eigenvalue weighted by molar-refractivity contribution is 5.69. The summed E-state index contributed by atoms with van der Waals surface area (Å²) in [5.41, 5.74) is 1.17. The third kappa shape index (κ3) is 8.60. The monoisotopic (exact) mass is 306 g/mol. The van der Waals surface area contributed by atoms with Crippen LogP contribution in [0.5, 0.6) is 0 Å². The Bertz CT molecular complexity index is 416. The van der Waals surface area contributed by atoms with E-state index < -0.39 is 0 Å². The Morgan fingerprint density at radius 1 is 1.27 bits per heavy atom. The first-order valence-electron chi connectivity index (χ1n) is 7.67. The molecule has 1 aromatic carbocycles. The van der Waals surface area contributed by atoms with Crippen molar-refractivity contribution in [1.82, 2.24) is 0 Å². The van der Waals surface area contributed by atoms with Crippen LogP contribution >= 0.6 is 0 Å². The molecule has 0 aliphatic heterocycles. The van der Waals surface area contributed by atoms with Crippen LogP contribution in [0.25, 0.3) is 0 Å². The molecule has 0 saturated heterocycles. The van der Waals surface area contributed by atoms with Crippen molar-refractivity contribution in [2.75, 3.05) is 20.3 Å². The van der Waals surface area contributed by atoms with Crippen molar-refractivity contribution in [3.05, 3.63) is 48.6 Å². The molecule has 1 atom stereocenters. The molecule has 4 heteroatoms. The molecule has 0 saturated carbocycles. The zero-order valence-corrected chi connectivity index (χ0v) is 13.3. The molecule has 0 N–H and O–H groups in total. The van der Waals surface area contributed by atoms with Crippen molar-refractivity contribution in [3.63, 3.8) is 0 Å². The summed E-state index contributed by atoms with van der Waals surface area (Å²) in [5, 5.41) is 0. The normalized spacial score (nSPS) is 11.9. The van der Waals surface area contributed by atoms with E-state index in [1.54, 1.807) is 0 Å². The standard InChI is InChI=1S/C18H26O4/c1-3-8-17(11-12-18(19)20-2)22-14-7-13-21-15-16-9-5-4-6-10-16/h3-6,9-10,17H,1,7-8,11-15H2,2H3. The highest BCUT2D eigenvalue weighted by Gasteiger charge is 2.10. The van der Waals surface area contributed by atoms with E-state index in [0.29, 0.717) is 32.7 Å². The van der Waals surface area contributed by atoms with Gasteiger partial charge in [0, 0.05) is 19.6 Å². The van der Waals surface area contributed by atoms with Gasteiger partial charge in [-0.1, -0.05) is 36.4 Å². The molecule has 0 aliphatic carbocycles. The summed E-state index contributed by atoms with van der Waals surface area (Å²) in [4.78, 5) is 11.1. The third-order valence-corrected chi connectivity index (χ3v) is 3.23. The van der Waals surface area contributed by atoms with E-state index in [0.717, 1.165) is 12.8 Å². The van der Waals surface area contributed by atoms with Crippen LogP contribution in [0.15, 0.2) is 43.0 Å². The van der Waals surface area contributed by atoms with Crippen LogP contribution in [0.2, 0.25) is 0 Å². The van der Waals surface area contributed by atoms with E-state index in [1.807, 2.05) is 36.4 Å². The number of carbonyl (C=O) groups excluding carboxylic acids is 1. The zero-order chi connectivity index (χ0) is 16.0. The minimum absolute atomic E-state index is 0.0192.